The van der Waals surface area contributed by atoms with Crippen molar-refractivity contribution in [2.75, 3.05) is 7.11 Å². The predicted molar refractivity (Wildman–Crippen MR) is 118 cm³/mol. The molecule has 3 aromatic rings. The molecule has 32 heavy (non-hydrogen) atoms. The zero-order valence-corrected chi connectivity index (χ0v) is 17.3. The van der Waals surface area contributed by atoms with Gasteiger partial charge in [0.05, 0.1) is 7.11 Å². The van der Waals surface area contributed by atoms with Gasteiger partial charge in [0.2, 0.25) is 0 Å². The van der Waals surface area contributed by atoms with E-state index in [-0.39, 0.29) is 40.6 Å². The van der Waals surface area contributed by atoms with Gasteiger partial charge in [-0.3, -0.25) is 0 Å². The molecule has 0 saturated heterocycles. The highest BCUT2D eigenvalue weighted by molar-refractivity contribution is 6.25. The summed E-state index contributed by atoms with van der Waals surface area (Å²) in [4.78, 5) is 25.7. The summed E-state index contributed by atoms with van der Waals surface area (Å²) in [5.41, 5.74) is 1.69. The quantitative estimate of drug-likeness (QED) is 0.461. The van der Waals surface area contributed by atoms with Crippen molar-refractivity contribution in [3.05, 3.63) is 113 Å². The topological polar surface area (TPSA) is 82.1 Å². The Kier molecular flexibility index (Phi) is 6.03. The minimum absolute atomic E-state index is 0.0337. The second-order valence-corrected chi connectivity index (χ2v) is 6.95. The largest absolute Gasteiger partial charge is 0.507 e. The minimum Gasteiger partial charge on any atom is -0.507 e. The molecule has 6 heteroatoms. The van der Waals surface area contributed by atoms with Gasteiger partial charge in [0.15, 0.2) is 11.5 Å². The molecule has 0 unspecified atom stereocenters. The van der Waals surface area contributed by atoms with E-state index in [0.29, 0.717) is 5.56 Å². The SMILES string of the molecule is COC(=O)/C(=C1/OC(=O)C(c2ccccc2O)=C1OCc1ccccc1)c1ccccc1. The molecule has 0 radical (unpaired) electrons. The summed E-state index contributed by atoms with van der Waals surface area (Å²) in [6, 6.07) is 24.5. The van der Waals surface area contributed by atoms with Crippen molar-refractivity contribution < 1.29 is 28.9 Å². The first-order chi connectivity index (χ1) is 15.6. The average Bonchev–Trinajstić information content (AvgIpc) is 3.14. The van der Waals surface area contributed by atoms with Crippen LogP contribution >= 0.6 is 0 Å². The number of ether oxygens (including phenoxy) is 3. The third kappa shape index (κ3) is 4.11. The summed E-state index contributed by atoms with van der Waals surface area (Å²) in [6.45, 7) is 0.122. The number of hydrogen-bond donors (Lipinski definition) is 1. The molecule has 0 amide bonds. The van der Waals surface area contributed by atoms with Gasteiger partial charge < -0.3 is 19.3 Å². The Morgan fingerprint density at radius 1 is 0.906 bits per heavy atom. The van der Waals surface area contributed by atoms with E-state index < -0.39 is 11.9 Å². The van der Waals surface area contributed by atoms with E-state index in [4.69, 9.17) is 14.2 Å². The van der Waals surface area contributed by atoms with E-state index in [1.54, 1.807) is 48.5 Å². The van der Waals surface area contributed by atoms with E-state index in [1.165, 1.54) is 13.2 Å². The summed E-state index contributed by atoms with van der Waals surface area (Å²) in [5.74, 6) is -1.52. The molecule has 0 atom stereocenters. The monoisotopic (exact) mass is 428 g/mol. The van der Waals surface area contributed by atoms with E-state index >= 15 is 0 Å². The van der Waals surface area contributed by atoms with E-state index in [2.05, 4.69) is 0 Å². The van der Waals surface area contributed by atoms with Gasteiger partial charge in [-0.1, -0.05) is 78.9 Å². The second-order valence-electron chi connectivity index (χ2n) is 6.95. The number of aromatic hydroxyl groups is 1. The standard InChI is InChI=1S/C26H20O6/c1-30-25(28)21(18-12-6-3-7-13-18)24-23(31-16-17-10-4-2-5-11-17)22(26(29)32-24)19-14-8-9-15-20(19)27/h2-15,27H,16H2,1H3/b24-21+. The molecule has 0 aromatic heterocycles. The van der Waals surface area contributed by atoms with E-state index in [9.17, 15) is 14.7 Å². The van der Waals surface area contributed by atoms with Crippen LogP contribution in [-0.4, -0.2) is 24.2 Å². The van der Waals surface area contributed by atoms with Gasteiger partial charge in [-0.15, -0.1) is 0 Å². The Hall–Kier alpha value is -4.32. The molecule has 0 spiro atoms. The molecule has 0 aliphatic carbocycles. The number of phenols is 1. The zero-order valence-electron chi connectivity index (χ0n) is 17.3. The van der Waals surface area contributed by atoms with E-state index in [0.717, 1.165) is 5.56 Å². The number of methoxy groups -OCH3 is 1. The van der Waals surface area contributed by atoms with Crippen LogP contribution in [0, 0.1) is 0 Å². The Bertz CT molecular complexity index is 1210. The summed E-state index contributed by atoms with van der Waals surface area (Å²) in [7, 11) is 1.25. The molecule has 6 nitrogen and oxygen atoms in total. The minimum atomic E-state index is -0.734. The maximum Gasteiger partial charge on any atom is 0.348 e. The highest BCUT2D eigenvalue weighted by atomic mass is 16.6. The highest BCUT2D eigenvalue weighted by Crippen LogP contribution is 2.41. The summed E-state index contributed by atoms with van der Waals surface area (Å²) in [5, 5.41) is 10.4. The Morgan fingerprint density at radius 3 is 2.19 bits per heavy atom. The van der Waals surface area contributed by atoms with Crippen molar-refractivity contribution in [3.63, 3.8) is 0 Å². The Morgan fingerprint density at radius 2 is 1.53 bits per heavy atom. The first-order valence-corrected chi connectivity index (χ1v) is 9.90. The van der Waals surface area contributed by atoms with Gasteiger partial charge in [-0.2, -0.15) is 0 Å². The van der Waals surface area contributed by atoms with Crippen LogP contribution in [0.4, 0.5) is 0 Å². The lowest BCUT2D eigenvalue weighted by atomic mass is 10.0. The van der Waals surface area contributed by atoms with Gasteiger partial charge in [0.1, 0.15) is 23.5 Å². The lowest BCUT2D eigenvalue weighted by Gasteiger charge is -2.13. The van der Waals surface area contributed by atoms with Crippen molar-refractivity contribution in [1.82, 2.24) is 0 Å². The van der Waals surface area contributed by atoms with E-state index in [1.807, 2.05) is 30.3 Å². The molecule has 4 rings (SSSR count). The molecule has 1 N–H and O–H groups in total. The van der Waals surface area contributed by atoms with Crippen LogP contribution in [0.5, 0.6) is 5.75 Å². The first kappa shape index (κ1) is 20.9. The van der Waals surface area contributed by atoms with Crippen molar-refractivity contribution in [2.45, 2.75) is 6.61 Å². The summed E-state index contributed by atoms with van der Waals surface area (Å²) >= 11 is 0. The van der Waals surface area contributed by atoms with Gasteiger partial charge in [0.25, 0.3) is 0 Å². The van der Waals surface area contributed by atoms with Crippen molar-refractivity contribution >= 4 is 23.1 Å². The number of phenolic OH excluding ortho intramolecular Hbond substituents is 1. The summed E-state index contributed by atoms with van der Waals surface area (Å²) < 4.78 is 16.6. The molecule has 0 fully saturated rings. The number of hydrogen-bond acceptors (Lipinski definition) is 6. The second kappa shape index (κ2) is 9.22. The highest BCUT2D eigenvalue weighted by Gasteiger charge is 2.38. The fraction of sp³-hybridized carbons (Fsp3) is 0.0769. The maximum absolute atomic E-state index is 12.9. The molecule has 0 bridgehead atoms. The van der Waals surface area contributed by atoms with Crippen LogP contribution in [0.3, 0.4) is 0 Å². The lowest BCUT2D eigenvalue weighted by Crippen LogP contribution is -2.10. The number of cyclic esters (lactones) is 1. The third-order valence-corrected chi connectivity index (χ3v) is 4.91. The molecule has 1 heterocycles. The maximum atomic E-state index is 12.9. The molecule has 1 aliphatic rings. The first-order valence-electron chi connectivity index (χ1n) is 9.90. The van der Waals surface area contributed by atoms with Crippen LogP contribution in [0.25, 0.3) is 11.1 Å². The van der Waals surface area contributed by atoms with Crippen LogP contribution < -0.4 is 0 Å². The number of carbonyl (C=O) groups excluding carboxylic acids is 2. The third-order valence-electron chi connectivity index (χ3n) is 4.91. The zero-order chi connectivity index (χ0) is 22.5. The van der Waals surface area contributed by atoms with Gasteiger partial charge in [0, 0.05) is 5.56 Å². The molecule has 1 aliphatic heterocycles. The predicted octanol–water partition coefficient (Wildman–Crippen LogP) is 4.46. The average molecular weight is 428 g/mol. The number of benzene rings is 3. The molecule has 160 valence electrons. The van der Waals surface area contributed by atoms with Crippen LogP contribution in [0.15, 0.2) is 96.4 Å². The summed E-state index contributed by atoms with van der Waals surface area (Å²) in [6.07, 6.45) is 0. The van der Waals surface area contributed by atoms with Crippen molar-refractivity contribution in [3.8, 4) is 5.75 Å². The number of carbonyl (C=O) groups is 2. The number of para-hydroxylation sites is 1. The van der Waals surface area contributed by atoms with Gasteiger partial charge >= 0.3 is 11.9 Å². The molecule has 0 saturated carbocycles. The Balaban J connectivity index is 1.92. The smallest absolute Gasteiger partial charge is 0.348 e. The van der Waals surface area contributed by atoms with Crippen LogP contribution in [0.2, 0.25) is 0 Å². The number of esters is 2. The Labute approximate surface area is 185 Å². The van der Waals surface area contributed by atoms with Crippen molar-refractivity contribution in [1.29, 1.82) is 0 Å². The fourth-order valence-electron chi connectivity index (χ4n) is 3.39. The fourth-order valence-corrected chi connectivity index (χ4v) is 3.39. The van der Waals surface area contributed by atoms with Crippen LogP contribution in [0.1, 0.15) is 16.7 Å². The molecular formula is C26H20O6. The number of rotatable bonds is 6. The van der Waals surface area contributed by atoms with Gasteiger partial charge in [-0.25, -0.2) is 9.59 Å². The van der Waals surface area contributed by atoms with Gasteiger partial charge in [-0.05, 0) is 17.2 Å². The normalized spacial score (nSPS) is 14.7. The molecular weight excluding hydrogens is 408 g/mol. The molecule has 3 aromatic carbocycles. The van der Waals surface area contributed by atoms with Crippen molar-refractivity contribution in [2.24, 2.45) is 0 Å². The van der Waals surface area contributed by atoms with Crippen LogP contribution in [-0.2, 0) is 30.4 Å². The lowest BCUT2D eigenvalue weighted by molar-refractivity contribution is -0.134.